The molecule has 0 spiro atoms. The van der Waals surface area contributed by atoms with Gasteiger partial charge in [0.2, 0.25) is 0 Å². The summed E-state index contributed by atoms with van der Waals surface area (Å²) in [6.07, 6.45) is 6.09. The van der Waals surface area contributed by atoms with E-state index in [0.29, 0.717) is 5.56 Å². The van der Waals surface area contributed by atoms with Crippen molar-refractivity contribution in [3.05, 3.63) is 69.0 Å². The third-order valence-electron chi connectivity index (χ3n) is 4.76. The molecule has 0 aliphatic carbocycles. The summed E-state index contributed by atoms with van der Waals surface area (Å²) >= 11 is 5.84. The number of aliphatic imine (C=N–C) groups is 1. The second-order valence-electron chi connectivity index (χ2n) is 6.68. The third kappa shape index (κ3) is 3.80. The minimum absolute atomic E-state index is 0.110. The first-order valence-corrected chi connectivity index (χ1v) is 9.50. The van der Waals surface area contributed by atoms with E-state index in [1.165, 1.54) is 18.6 Å². The van der Waals surface area contributed by atoms with Crippen LogP contribution in [0.1, 0.15) is 30.7 Å². The maximum Gasteiger partial charge on any atom is 0.288 e. The highest BCUT2D eigenvalue weighted by Crippen LogP contribution is 2.26. The van der Waals surface area contributed by atoms with E-state index in [1.54, 1.807) is 12.3 Å². The molecule has 0 atom stereocenters. The molecular weight excluding hydrogens is 378 g/mol. The Balaban J connectivity index is 1.54. The molecule has 0 radical (unpaired) electrons. The van der Waals surface area contributed by atoms with Crippen LogP contribution in [0.15, 0.2) is 47.5 Å². The molecule has 1 aromatic heterocycles. The lowest BCUT2D eigenvalue weighted by atomic mass is 10.2. The molecule has 28 heavy (non-hydrogen) atoms. The van der Waals surface area contributed by atoms with Gasteiger partial charge in [0.05, 0.1) is 10.6 Å². The number of nitrogens with zero attached hydrogens (tertiary/aromatic N) is 5. The minimum atomic E-state index is -0.504. The summed E-state index contributed by atoms with van der Waals surface area (Å²) in [5.41, 5.74) is 2.23. The van der Waals surface area contributed by atoms with E-state index in [-0.39, 0.29) is 10.7 Å². The van der Waals surface area contributed by atoms with Crippen molar-refractivity contribution in [3.8, 4) is 11.4 Å². The lowest BCUT2D eigenvalue weighted by Gasteiger charge is -2.07. The predicted molar refractivity (Wildman–Crippen MR) is 108 cm³/mol. The largest absolute Gasteiger partial charge is 0.311 e. The first-order valence-electron chi connectivity index (χ1n) is 9.12. The van der Waals surface area contributed by atoms with E-state index < -0.39 is 4.92 Å². The second kappa shape index (κ2) is 7.90. The Hall–Kier alpha value is -3.06. The lowest BCUT2D eigenvalue weighted by molar-refractivity contribution is -0.384. The number of aryl methyl sites for hydroxylation is 1. The van der Waals surface area contributed by atoms with Crippen LogP contribution in [-0.2, 0) is 13.0 Å². The van der Waals surface area contributed by atoms with Crippen LogP contribution in [0.25, 0.3) is 11.4 Å². The Morgan fingerprint density at radius 3 is 2.71 bits per heavy atom. The molecule has 2 heterocycles. The van der Waals surface area contributed by atoms with Crippen LogP contribution in [0.3, 0.4) is 0 Å². The summed E-state index contributed by atoms with van der Waals surface area (Å²) in [6, 6.07) is 12.3. The Morgan fingerprint density at radius 1 is 1.11 bits per heavy atom. The van der Waals surface area contributed by atoms with E-state index in [0.717, 1.165) is 48.7 Å². The molecule has 142 valence electrons. The fraction of sp³-hybridized carbons (Fsp3) is 0.250. The molecule has 0 fully saturated rings. The highest BCUT2D eigenvalue weighted by Gasteiger charge is 2.16. The number of hydrogen-bond donors (Lipinski definition) is 0. The number of halogens is 1. The van der Waals surface area contributed by atoms with Gasteiger partial charge in [-0.3, -0.25) is 15.1 Å². The van der Waals surface area contributed by atoms with Crippen LogP contribution in [0.4, 0.5) is 11.4 Å². The Kier molecular flexibility index (Phi) is 5.16. The van der Waals surface area contributed by atoms with E-state index >= 15 is 0 Å². The molecule has 0 bridgehead atoms. The Bertz CT molecular complexity index is 1040. The van der Waals surface area contributed by atoms with Crippen molar-refractivity contribution in [2.45, 2.75) is 32.2 Å². The summed E-state index contributed by atoms with van der Waals surface area (Å²) in [5.74, 6) is 1.94. The van der Waals surface area contributed by atoms with Crippen LogP contribution in [0.2, 0.25) is 5.02 Å². The molecule has 1 aliphatic rings. The van der Waals surface area contributed by atoms with E-state index in [4.69, 9.17) is 11.6 Å². The van der Waals surface area contributed by atoms with Gasteiger partial charge in [0.25, 0.3) is 5.69 Å². The quantitative estimate of drug-likeness (QED) is 0.354. The SMILES string of the molecule is O=[N+]([O-])c1cc(C=Nc2ccc(-c3nnc4n3CCCCC4)cc2)ccc1Cl. The van der Waals surface area contributed by atoms with Crippen molar-refractivity contribution in [2.24, 2.45) is 4.99 Å². The molecule has 0 saturated carbocycles. The molecule has 3 aromatic rings. The summed E-state index contributed by atoms with van der Waals surface area (Å²) in [5, 5.41) is 19.8. The van der Waals surface area contributed by atoms with Gasteiger partial charge in [-0.15, -0.1) is 10.2 Å². The smallest absolute Gasteiger partial charge is 0.288 e. The Labute approximate surface area is 166 Å². The fourth-order valence-corrected chi connectivity index (χ4v) is 3.48. The molecule has 0 saturated heterocycles. The number of benzene rings is 2. The molecular formula is C20H18ClN5O2. The molecule has 2 aromatic carbocycles. The average Bonchev–Trinajstić information content (AvgIpc) is 2.95. The van der Waals surface area contributed by atoms with Crippen LogP contribution in [-0.4, -0.2) is 25.9 Å². The zero-order valence-electron chi connectivity index (χ0n) is 15.1. The van der Waals surface area contributed by atoms with E-state index in [1.807, 2.05) is 24.3 Å². The first-order chi connectivity index (χ1) is 13.6. The molecule has 1 aliphatic heterocycles. The maximum absolute atomic E-state index is 11.0. The normalized spacial score (nSPS) is 14.0. The summed E-state index contributed by atoms with van der Waals surface area (Å²) in [7, 11) is 0. The highest BCUT2D eigenvalue weighted by molar-refractivity contribution is 6.32. The van der Waals surface area contributed by atoms with Crippen LogP contribution in [0, 0.1) is 10.1 Å². The van der Waals surface area contributed by atoms with Gasteiger partial charge in [0, 0.05) is 30.8 Å². The number of nitro benzene ring substituents is 1. The van der Waals surface area contributed by atoms with Gasteiger partial charge in [0.1, 0.15) is 10.8 Å². The van der Waals surface area contributed by atoms with Crippen molar-refractivity contribution < 1.29 is 4.92 Å². The fourth-order valence-electron chi connectivity index (χ4n) is 3.29. The predicted octanol–water partition coefficient (Wildman–Crippen LogP) is 4.98. The molecule has 0 N–H and O–H groups in total. The van der Waals surface area contributed by atoms with Gasteiger partial charge >= 0.3 is 0 Å². The van der Waals surface area contributed by atoms with Crippen molar-refractivity contribution in [1.82, 2.24) is 14.8 Å². The first kappa shape index (κ1) is 18.3. The zero-order chi connectivity index (χ0) is 19.5. The second-order valence-corrected chi connectivity index (χ2v) is 7.08. The summed E-state index contributed by atoms with van der Waals surface area (Å²) < 4.78 is 2.21. The van der Waals surface area contributed by atoms with Crippen LogP contribution < -0.4 is 0 Å². The van der Waals surface area contributed by atoms with Gasteiger partial charge in [-0.2, -0.15) is 0 Å². The van der Waals surface area contributed by atoms with Crippen LogP contribution >= 0.6 is 11.6 Å². The zero-order valence-corrected chi connectivity index (χ0v) is 15.8. The number of nitro groups is 1. The monoisotopic (exact) mass is 395 g/mol. The minimum Gasteiger partial charge on any atom is -0.311 e. The number of rotatable bonds is 4. The summed E-state index contributed by atoms with van der Waals surface area (Å²) in [4.78, 5) is 14.9. The van der Waals surface area contributed by atoms with Gasteiger partial charge in [-0.1, -0.05) is 24.1 Å². The van der Waals surface area contributed by atoms with E-state index in [9.17, 15) is 10.1 Å². The van der Waals surface area contributed by atoms with Crippen molar-refractivity contribution in [2.75, 3.05) is 0 Å². The molecule has 7 nitrogen and oxygen atoms in total. The van der Waals surface area contributed by atoms with Crippen molar-refractivity contribution in [1.29, 1.82) is 0 Å². The molecule has 0 amide bonds. The number of fused-ring (bicyclic) bond motifs is 1. The van der Waals surface area contributed by atoms with Crippen molar-refractivity contribution >= 4 is 29.2 Å². The lowest BCUT2D eigenvalue weighted by Crippen LogP contribution is -2.02. The Morgan fingerprint density at radius 2 is 1.93 bits per heavy atom. The van der Waals surface area contributed by atoms with Crippen LogP contribution in [0.5, 0.6) is 0 Å². The third-order valence-corrected chi connectivity index (χ3v) is 5.08. The summed E-state index contributed by atoms with van der Waals surface area (Å²) in [6.45, 7) is 0.951. The number of hydrogen-bond acceptors (Lipinski definition) is 5. The standard InChI is InChI=1S/C20H18ClN5O2/c21-17-10-5-14(12-18(17)26(27)28)13-22-16-8-6-15(7-9-16)20-24-23-19-4-2-1-3-11-25(19)20/h5-10,12-13H,1-4,11H2. The number of aromatic nitrogens is 3. The average molecular weight is 396 g/mol. The highest BCUT2D eigenvalue weighted by atomic mass is 35.5. The van der Waals surface area contributed by atoms with Gasteiger partial charge in [-0.05, 0) is 48.7 Å². The van der Waals surface area contributed by atoms with Gasteiger partial charge in [0.15, 0.2) is 5.82 Å². The molecule has 4 rings (SSSR count). The van der Waals surface area contributed by atoms with E-state index in [2.05, 4.69) is 19.8 Å². The topological polar surface area (TPSA) is 86.2 Å². The van der Waals surface area contributed by atoms with Gasteiger partial charge < -0.3 is 4.57 Å². The maximum atomic E-state index is 11.0. The van der Waals surface area contributed by atoms with Crippen molar-refractivity contribution in [3.63, 3.8) is 0 Å². The molecule has 8 heteroatoms. The molecule has 0 unspecified atom stereocenters. The van der Waals surface area contributed by atoms with Gasteiger partial charge in [-0.25, -0.2) is 0 Å².